The molecule has 4 rings (SSSR count). The number of rotatable bonds is 10. The molecular formula is C28H32F2N6O2. The van der Waals surface area contributed by atoms with Gasteiger partial charge in [-0.1, -0.05) is 18.2 Å². The molecule has 10 heteroatoms. The minimum atomic E-state index is -1.03. The number of nitrogens with zero attached hydrogens (tertiary/aromatic N) is 3. The quantitative estimate of drug-likeness (QED) is 0.254. The van der Waals surface area contributed by atoms with E-state index < -0.39 is 23.6 Å². The molecule has 3 amide bonds. The Morgan fingerprint density at radius 3 is 2.47 bits per heavy atom. The van der Waals surface area contributed by atoms with Gasteiger partial charge in [-0.05, 0) is 81.2 Å². The zero-order chi connectivity index (χ0) is 26.9. The van der Waals surface area contributed by atoms with E-state index in [1.807, 2.05) is 0 Å². The summed E-state index contributed by atoms with van der Waals surface area (Å²) in [5.41, 5.74) is 7.94. The lowest BCUT2D eigenvalue weighted by atomic mass is 10.2. The molecule has 1 saturated heterocycles. The Morgan fingerprint density at radius 2 is 1.76 bits per heavy atom. The number of para-hydroxylation sites is 2. The average molecular weight is 523 g/mol. The van der Waals surface area contributed by atoms with Crippen LogP contribution in [-0.4, -0.2) is 52.9 Å². The molecule has 0 unspecified atom stereocenters. The van der Waals surface area contributed by atoms with Crippen LogP contribution in [0, 0.1) is 11.6 Å². The van der Waals surface area contributed by atoms with E-state index in [0.717, 1.165) is 50.2 Å². The SMILES string of the molecule is Nc1ccccc1NC(=O)c1ccc(CN(CCCCN2CCCC2)C(=O)Nc2ccc(F)c(F)c2)cn1. The molecule has 1 aliphatic rings. The van der Waals surface area contributed by atoms with Gasteiger partial charge in [0.1, 0.15) is 5.69 Å². The van der Waals surface area contributed by atoms with E-state index in [2.05, 4.69) is 20.5 Å². The van der Waals surface area contributed by atoms with Crippen LogP contribution in [0.1, 0.15) is 41.7 Å². The van der Waals surface area contributed by atoms with E-state index in [0.29, 0.717) is 17.9 Å². The molecule has 2 heterocycles. The number of unbranched alkanes of at least 4 members (excludes halogenated alkanes) is 1. The number of nitrogens with two attached hydrogens (primary N) is 1. The molecule has 0 spiro atoms. The van der Waals surface area contributed by atoms with Crippen LogP contribution in [0.4, 0.5) is 30.6 Å². The third-order valence-electron chi connectivity index (χ3n) is 6.45. The Balaban J connectivity index is 1.39. The molecule has 38 heavy (non-hydrogen) atoms. The number of aromatic nitrogens is 1. The van der Waals surface area contributed by atoms with E-state index in [1.54, 1.807) is 47.5 Å². The van der Waals surface area contributed by atoms with E-state index in [9.17, 15) is 18.4 Å². The number of pyridine rings is 1. The first kappa shape index (κ1) is 27.0. The predicted molar refractivity (Wildman–Crippen MR) is 144 cm³/mol. The number of likely N-dealkylation sites (tertiary alicyclic amines) is 1. The van der Waals surface area contributed by atoms with Crippen molar-refractivity contribution in [3.05, 3.63) is 83.7 Å². The van der Waals surface area contributed by atoms with Crippen molar-refractivity contribution in [2.24, 2.45) is 0 Å². The first-order chi connectivity index (χ1) is 18.4. The third kappa shape index (κ3) is 7.48. The monoisotopic (exact) mass is 522 g/mol. The Hall–Kier alpha value is -4.05. The van der Waals surface area contributed by atoms with Crippen LogP contribution in [0.2, 0.25) is 0 Å². The number of nitrogens with one attached hydrogen (secondary N) is 2. The van der Waals surface area contributed by atoms with Gasteiger partial charge in [0.2, 0.25) is 0 Å². The molecule has 8 nitrogen and oxygen atoms in total. The lowest BCUT2D eigenvalue weighted by molar-refractivity contribution is 0.102. The zero-order valence-electron chi connectivity index (χ0n) is 21.1. The smallest absolute Gasteiger partial charge is 0.322 e. The van der Waals surface area contributed by atoms with Gasteiger partial charge in [-0.15, -0.1) is 0 Å². The second-order valence-corrected chi connectivity index (χ2v) is 9.33. The van der Waals surface area contributed by atoms with Crippen molar-refractivity contribution in [3.8, 4) is 0 Å². The lowest BCUT2D eigenvalue weighted by Crippen LogP contribution is -2.35. The van der Waals surface area contributed by atoms with Crippen molar-refractivity contribution < 1.29 is 18.4 Å². The molecule has 3 aromatic rings. The molecule has 0 aliphatic carbocycles. The maximum atomic E-state index is 13.6. The van der Waals surface area contributed by atoms with Crippen molar-refractivity contribution in [1.82, 2.24) is 14.8 Å². The number of carbonyl (C=O) groups is 2. The van der Waals surface area contributed by atoms with Crippen LogP contribution in [0.15, 0.2) is 60.8 Å². The number of halogens is 2. The first-order valence-corrected chi connectivity index (χ1v) is 12.7. The molecule has 2 aromatic carbocycles. The maximum absolute atomic E-state index is 13.6. The van der Waals surface area contributed by atoms with Gasteiger partial charge in [0, 0.05) is 31.0 Å². The standard InChI is InChI=1S/C28H32F2N6O2/c29-22-11-10-21(17-23(22)30)33-28(38)36(16-6-5-15-35-13-3-4-14-35)19-20-9-12-26(32-18-20)27(37)34-25-8-2-1-7-24(25)31/h1-2,7-12,17-18H,3-6,13-16,19,31H2,(H,33,38)(H,34,37). The molecule has 1 aromatic heterocycles. The zero-order valence-corrected chi connectivity index (χ0v) is 21.1. The summed E-state index contributed by atoms with van der Waals surface area (Å²) in [4.78, 5) is 33.9. The van der Waals surface area contributed by atoms with Crippen LogP contribution < -0.4 is 16.4 Å². The molecule has 0 radical (unpaired) electrons. The van der Waals surface area contributed by atoms with Gasteiger partial charge in [-0.2, -0.15) is 0 Å². The summed E-state index contributed by atoms with van der Waals surface area (Å²) in [7, 11) is 0. The minimum absolute atomic E-state index is 0.168. The summed E-state index contributed by atoms with van der Waals surface area (Å²) < 4.78 is 26.9. The highest BCUT2D eigenvalue weighted by atomic mass is 19.2. The topological polar surface area (TPSA) is 104 Å². The van der Waals surface area contributed by atoms with E-state index >= 15 is 0 Å². The molecule has 4 N–H and O–H groups in total. The van der Waals surface area contributed by atoms with Gasteiger partial charge in [0.05, 0.1) is 11.4 Å². The Morgan fingerprint density at radius 1 is 0.974 bits per heavy atom. The van der Waals surface area contributed by atoms with Crippen molar-refractivity contribution in [2.45, 2.75) is 32.2 Å². The van der Waals surface area contributed by atoms with Gasteiger partial charge < -0.3 is 26.2 Å². The maximum Gasteiger partial charge on any atom is 0.322 e. The van der Waals surface area contributed by atoms with Gasteiger partial charge >= 0.3 is 6.03 Å². The van der Waals surface area contributed by atoms with Crippen molar-refractivity contribution in [3.63, 3.8) is 0 Å². The van der Waals surface area contributed by atoms with E-state index in [4.69, 9.17) is 5.73 Å². The number of hydrogen-bond acceptors (Lipinski definition) is 5. The summed E-state index contributed by atoms with van der Waals surface area (Å²) in [5.74, 6) is -2.41. The Bertz CT molecular complexity index is 1250. The predicted octanol–water partition coefficient (Wildman–Crippen LogP) is 5.10. The highest BCUT2D eigenvalue weighted by Crippen LogP contribution is 2.18. The van der Waals surface area contributed by atoms with Gasteiger partial charge in [-0.3, -0.25) is 9.78 Å². The fourth-order valence-corrected chi connectivity index (χ4v) is 4.34. The first-order valence-electron chi connectivity index (χ1n) is 12.7. The highest BCUT2D eigenvalue weighted by Gasteiger charge is 2.17. The number of nitrogen functional groups attached to an aromatic ring is 1. The van der Waals surface area contributed by atoms with Crippen LogP contribution in [0.5, 0.6) is 0 Å². The second kappa shape index (κ2) is 13.0. The molecule has 0 bridgehead atoms. The van der Waals surface area contributed by atoms with E-state index in [-0.39, 0.29) is 17.9 Å². The van der Waals surface area contributed by atoms with Crippen molar-refractivity contribution in [1.29, 1.82) is 0 Å². The summed E-state index contributed by atoms with van der Waals surface area (Å²) in [6, 6.07) is 13.1. The third-order valence-corrected chi connectivity index (χ3v) is 6.45. The second-order valence-electron chi connectivity index (χ2n) is 9.33. The van der Waals surface area contributed by atoms with E-state index in [1.165, 1.54) is 18.9 Å². The molecule has 1 fully saturated rings. The van der Waals surface area contributed by atoms with Gasteiger partial charge in [0.15, 0.2) is 11.6 Å². The number of benzene rings is 2. The van der Waals surface area contributed by atoms with Crippen molar-refractivity contribution in [2.75, 3.05) is 42.5 Å². The van der Waals surface area contributed by atoms with Crippen LogP contribution in [0.25, 0.3) is 0 Å². The minimum Gasteiger partial charge on any atom is -0.397 e. The van der Waals surface area contributed by atoms with Crippen LogP contribution in [0.3, 0.4) is 0 Å². The molecule has 200 valence electrons. The summed E-state index contributed by atoms with van der Waals surface area (Å²) in [6.45, 7) is 3.92. The largest absolute Gasteiger partial charge is 0.397 e. The summed E-state index contributed by atoms with van der Waals surface area (Å²) in [5, 5.41) is 5.38. The number of hydrogen-bond donors (Lipinski definition) is 3. The normalized spacial score (nSPS) is 13.3. The average Bonchev–Trinajstić information content (AvgIpc) is 3.43. The fraction of sp³-hybridized carbons (Fsp3) is 0.321. The number of anilines is 3. The Kier molecular flexibility index (Phi) is 9.21. The van der Waals surface area contributed by atoms with Gasteiger partial charge in [0.25, 0.3) is 5.91 Å². The molecule has 1 aliphatic heterocycles. The molecular weight excluding hydrogens is 490 g/mol. The fourth-order valence-electron chi connectivity index (χ4n) is 4.34. The van der Waals surface area contributed by atoms with Crippen molar-refractivity contribution >= 4 is 29.0 Å². The lowest BCUT2D eigenvalue weighted by Gasteiger charge is -2.24. The molecule has 0 saturated carbocycles. The van der Waals surface area contributed by atoms with Crippen LogP contribution in [-0.2, 0) is 6.54 Å². The molecule has 0 atom stereocenters. The number of amides is 3. The highest BCUT2D eigenvalue weighted by molar-refractivity contribution is 6.04. The summed E-state index contributed by atoms with van der Waals surface area (Å²) in [6.07, 6.45) is 5.72. The van der Waals surface area contributed by atoms with Crippen LogP contribution >= 0.6 is 0 Å². The number of urea groups is 1. The Labute approximate surface area is 220 Å². The van der Waals surface area contributed by atoms with Gasteiger partial charge in [-0.25, -0.2) is 13.6 Å². The summed E-state index contributed by atoms with van der Waals surface area (Å²) >= 11 is 0. The number of carbonyl (C=O) groups excluding carboxylic acids is 2.